The van der Waals surface area contributed by atoms with Crippen LogP contribution in [0, 0.1) is 0 Å². The van der Waals surface area contributed by atoms with Gasteiger partial charge >= 0.3 is 5.97 Å². The minimum Gasteiger partial charge on any atom is -0.507 e. The predicted octanol–water partition coefficient (Wildman–Crippen LogP) is 2.28. The average Bonchev–Trinajstić information content (AvgIpc) is 2.54. The normalized spacial score (nSPS) is 11.0. The fourth-order valence-electron chi connectivity index (χ4n) is 2.73. The molecule has 25 heavy (non-hydrogen) atoms. The predicted molar refractivity (Wildman–Crippen MR) is 89.0 cm³/mol. The topological polar surface area (TPSA) is 114 Å². The Kier molecular flexibility index (Phi) is 3.92. The lowest BCUT2D eigenvalue weighted by molar-refractivity contribution is -0.116. The molecular formula is C18H14O7. The van der Waals surface area contributed by atoms with E-state index in [0.717, 1.165) is 7.11 Å². The summed E-state index contributed by atoms with van der Waals surface area (Å²) in [6, 6.07) is 5.33. The summed E-state index contributed by atoms with van der Waals surface area (Å²) in [5.74, 6) is -1.76. The number of hydrogen-bond donors (Lipinski definition) is 2. The number of aromatic hydroxyl groups is 2. The second-order valence-electron chi connectivity index (χ2n) is 5.63. The molecule has 0 atom stereocenters. The van der Waals surface area contributed by atoms with E-state index in [1.807, 2.05) is 0 Å². The van der Waals surface area contributed by atoms with Gasteiger partial charge in [0.25, 0.3) is 0 Å². The summed E-state index contributed by atoms with van der Waals surface area (Å²) in [5, 5.41) is 20.4. The second kappa shape index (κ2) is 5.94. The van der Waals surface area contributed by atoms with E-state index in [2.05, 4.69) is 4.74 Å². The monoisotopic (exact) mass is 342 g/mol. The number of phenolic OH excluding ortho intramolecular Hbond substituents is 2. The molecule has 0 amide bonds. The van der Waals surface area contributed by atoms with Gasteiger partial charge in [-0.3, -0.25) is 9.59 Å². The fourth-order valence-corrected chi connectivity index (χ4v) is 2.73. The van der Waals surface area contributed by atoms with Crippen molar-refractivity contribution in [1.82, 2.24) is 0 Å². The molecule has 7 heteroatoms. The molecule has 0 bridgehead atoms. The van der Waals surface area contributed by atoms with Crippen LogP contribution in [0.1, 0.15) is 22.8 Å². The van der Waals surface area contributed by atoms with Gasteiger partial charge in [-0.15, -0.1) is 0 Å². The van der Waals surface area contributed by atoms with Crippen molar-refractivity contribution < 1.29 is 29.0 Å². The van der Waals surface area contributed by atoms with E-state index in [0.29, 0.717) is 5.56 Å². The molecule has 0 fully saturated rings. The Morgan fingerprint density at radius 3 is 2.56 bits per heavy atom. The summed E-state index contributed by atoms with van der Waals surface area (Å²) >= 11 is 0. The number of methoxy groups -OCH3 is 1. The van der Waals surface area contributed by atoms with Gasteiger partial charge in [-0.1, -0.05) is 0 Å². The molecule has 2 aromatic carbocycles. The number of phenols is 2. The molecule has 1 heterocycles. The first-order valence-electron chi connectivity index (χ1n) is 7.35. The highest BCUT2D eigenvalue weighted by atomic mass is 16.5. The molecule has 3 aromatic rings. The number of fused-ring (bicyclic) bond motifs is 2. The SMILES string of the molecule is COC(=O)c1ccc2c(=O)c3c(O)cc(CC(C)=O)cc3oc2c1O. The van der Waals surface area contributed by atoms with Gasteiger partial charge < -0.3 is 19.4 Å². The third-order valence-electron chi connectivity index (χ3n) is 3.81. The molecule has 0 saturated carbocycles. The Morgan fingerprint density at radius 2 is 1.92 bits per heavy atom. The lowest BCUT2D eigenvalue weighted by Gasteiger charge is -2.09. The summed E-state index contributed by atoms with van der Waals surface area (Å²) in [4.78, 5) is 35.6. The van der Waals surface area contributed by atoms with Gasteiger partial charge in [0.05, 0.1) is 12.5 Å². The lowest BCUT2D eigenvalue weighted by Crippen LogP contribution is -2.07. The number of carbonyl (C=O) groups excluding carboxylic acids is 2. The van der Waals surface area contributed by atoms with E-state index in [1.165, 1.54) is 31.2 Å². The largest absolute Gasteiger partial charge is 0.507 e. The van der Waals surface area contributed by atoms with Crippen LogP contribution in [-0.2, 0) is 16.0 Å². The summed E-state index contributed by atoms with van der Waals surface area (Å²) < 4.78 is 10.1. The Bertz CT molecular complexity index is 1090. The van der Waals surface area contributed by atoms with Crippen LogP contribution in [0.25, 0.3) is 21.9 Å². The molecule has 0 saturated heterocycles. The van der Waals surface area contributed by atoms with Crippen molar-refractivity contribution in [1.29, 1.82) is 0 Å². The Morgan fingerprint density at radius 1 is 1.20 bits per heavy atom. The minimum atomic E-state index is -0.782. The molecule has 0 aliphatic rings. The zero-order valence-corrected chi connectivity index (χ0v) is 13.5. The minimum absolute atomic E-state index is 0.00562. The van der Waals surface area contributed by atoms with E-state index >= 15 is 0 Å². The average molecular weight is 342 g/mol. The zero-order chi connectivity index (χ0) is 18.3. The first kappa shape index (κ1) is 16.5. The summed E-state index contributed by atoms with van der Waals surface area (Å²) in [7, 11) is 1.16. The van der Waals surface area contributed by atoms with Crippen molar-refractivity contribution >= 4 is 33.7 Å². The highest BCUT2D eigenvalue weighted by Crippen LogP contribution is 2.33. The maximum absolute atomic E-state index is 12.6. The summed E-state index contributed by atoms with van der Waals surface area (Å²) in [6.45, 7) is 1.40. The Balaban J connectivity index is 2.39. The van der Waals surface area contributed by atoms with Crippen LogP contribution in [0.3, 0.4) is 0 Å². The van der Waals surface area contributed by atoms with E-state index in [9.17, 15) is 24.6 Å². The molecule has 1 aromatic heterocycles. The number of carbonyl (C=O) groups is 2. The first-order valence-corrected chi connectivity index (χ1v) is 7.35. The number of esters is 1. The molecule has 0 spiro atoms. The fraction of sp³-hybridized carbons (Fsp3) is 0.167. The van der Waals surface area contributed by atoms with E-state index in [-0.39, 0.29) is 45.5 Å². The molecule has 0 aliphatic carbocycles. The van der Waals surface area contributed by atoms with Crippen LogP contribution in [0.2, 0.25) is 0 Å². The van der Waals surface area contributed by atoms with Crippen molar-refractivity contribution in [3.8, 4) is 11.5 Å². The number of hydrogen-bond acceptors (Lipinski definition) is 7. The van der Waals surface area contributed by atoms with Gasteiger partial charge in [-0.25, -0.2) is 4.79 Å². The van der Waals surface area contributed by atoms with Crippen LogP contribution >= 0.6 is 0 Å². The zero-order valence-electron chi connectivity index (χ0n) is 13.5. The van der Waals surface area contributed by atoms with Gasteiger partial charge in [-0.05, 0) is 36.8 Å². The number of ether oxygens (including phenoxy) is 1. The molecule has 128 valence electrons. The van der Waals surface area contributed by atoms with Crippen molar-refractivity contribution in [2.45, 2.75) is 13.3 Å². The number of rotatable bonds is 3. The van der Waals surface area contributed by atoms with Crippen LogP contribution in [0.4, 0.5) is 0 Å². The summed E-state index contributed by atoms with van der Waals surface area (Å²) in [5.41, 5.74) is -0.439. The molecule has 0 aliphatic heterocycles. The maximum Gasteiger partial charge on any atom is 0.341 e. The smallest absolute Gasteiger partial charge is 0.341 e. The van der Waals surface area contributed by atoms with Crippen LogP contribution in [-0.4, -0.2) is 29.1 Å². The second-order valence-corrected chi connectivity index (χ2v) is 5.63. The first-order chi connectivity index (χ1) is 11.8. The third kappa shape index (κ3) is 2.69. The van der Waals surface area contributed by atoms with Crippen molar-refractivity contribution in [3.05, 3.63) is 45.6 Å². The standard InChI is InChI=1S/C18H14O7/c1-8(19)5-9-6-12(20)14-13(7-9)25-17-10(15(14)21)3-4-11(16(17)22)18(23)24-2/h3-4,6-7,20,22H,5H2,1-2H3. The lowest BCUT2D eigenvalue weighted by atomic mass is 10.0. The van der Waals surface area contributed by atoms with E-state index in [4.69, 9.17) is 4.42 Å². The van der Waals surface area contributed by atoms with Crippen molar-refractivity contribution in [3.63, 3.8) is 0 Å². The third-order valence-corrected chi connectivity index (χ3v) is 3.81. The highest BCUT2D eigenvalue weighted by molar-refractivity contribution is 6.02. The molecule has 2 N–H and O–H groups in total. The van der Waals surface area contributed by atoms with E-state index in [1.54, 1.807) is 0 Å². The molecule has 7 nitrogen and oxygen atoms in total. The van der Waals surface area contributed by atoms with Crippen molar-refractivity contribution in [2.24, 2.45) is 0 Å². The van der Waals surface area contributed by atoms with E-state index < -0.39 is 17.1 Å². The van der Waals surface area contributed by atoms with Gasteiger partial charge in [0, 0.05) is 6.42 Å². The van der Waals surface area contributed by atoms with Gasteiger partial charge in [0.15, 0.2) is 11.3 Å². The van der Waals surface area contributed by atoms with Crippen LogP contribution in [0.5, 0.6) is 11.5 Å². The van der Waals surface area contributed by atoms with Crippen LogP contribution < -0.4 is 5.43 Å². The van der Waals surface area contributed by atoms with Crippen molar-refractivity contribution in [2.75, 3.05) is 7.11 Å². The molecule has 0 radical (unpaired) electrons. The quantitative estimate of drug-likeness (QED) is 0.554. The summed E-state index contributed by atoms with van der Waals surface area (Å²) in [6.07, 6.45) is 0.0550. The van der Waals surface area contributed by atoms with Gasteiger partial charge in [-0.2, -0.15) is 0 Å². The molecular weight excluding hydrogens is 328 g/mol. The Hall–Kier alpha value is -3.35. The number of benzene rings is 2. The van der Waals surface area contributed by atoms with Gasteiger partial charge in [0.2, 0.25) is 5.43 Å². The van der Waals surface area contributed by atoms with Crippen LogP contribution in [0.15, 0.2) is 33.5 Å². The van der Waals surface area contributed by atoms with Gasteiger partial charge in [0.1, 0.15) is 28.1 Å². The molecule has 0 unspecified atom stereocenters. The molecule has 3 rings (SSSR count). The number of Topliss-reactive ketones (excluding diaryl/α,β-unsaturated/α-hetero) is 1. The maximum atomic E-state index is 12.6. The number of ketones is 1. The highest BCUT2D eigenvalue weighted by Gasteiger charge is 2.20. The Labute approximate surface area is 141 Å².